The van der Waals surface area contributed by atoms with Crippen molar-refractivity contribution >= 4 is 50.4 Å². The van der Waals surface area contributed by atoms with Crippen molar-refractivity contribution in [1.29, 1.82) is 0 Å². The van der Waals surface area contributed by atoms with Crippen LogP contribution in [0.5, 0.6) is 0 Å². The van der Waals surface area contributed by atoms with Gasteiger partial charge < -0.3 is 5.11 Å². The number of aliphatic hydroxyl groups is 1. The molecule has 1 aromatic heterocycles. The first-order chi connectivity index (χ1) is 12.0. The highest BCUT2D eigenvalue weighted by atomic mass is 35.5. The SMILES string of the molecule is OC(=C1CCC1)c1sc2cc(F)ccc2c1-c1cc(Cl)cc(F)c1Cl. The number of fused-ring (bicyclic) bond motifs is 1. The van der Waals surface area contributed by atoms with Crippen molar-refractivity contribution in [3.05, 3.63) is 62.5 Å². The van der Waals surface area contributed by atoms with Gasteiger partial charge in [-0.15, -0.1) is 11.3 Å². The van der Waals surface area contributed by atoms with Crippen molar-refractivity contribution in [3.8, 4) is 11.1 Å². The summed E-state index contributed by atoms with van der Waals surface area (Å²) in [5.74, 6) is -0.822. The fourth-order valence-corrected chi connectivity index (χ4v) is 4.64. The molecule has 1 saturated carbocycles. The molecule has 0 aliphatic heterocycles. The van der Waals surface area contributed by atoms with Crippen molar-refractivity contribution in [3.63, 3.8) is 0 Å². The lowest BCUT2D eigenvalue weighted by Crippen LogP contribution is -2.01. The maximum atomic E-state index is 14.1. The van der Waals surface area contributed by atoms with Gasteiger partial charge in [0, 0.05) is 26.2 Å². The summed E-state index contributed by atoms with van der Waals surface area (Å²) < 4.78 is 28.4. The fourth-order valence-electron chi connectivity index (χ4n) is 2.99. The second kappa shape index (κ2) is 6.27. The predicted octanol–water partition coefficient (Wildman–Crippen LogP) is 7.61. The third kappa shape index (κ3) is 2.82. The van der Waals surface area contributed by atoms with Crippen LogP contribution in [0.4, 0.5) is 8.78 Å². The van der Waals surface area contributed by atoms with E-state index in [1.807, 2.05) is 0 Å². The number of allylic oxidation sites excluding steroid dienone is 1. The number of hydrogen-bond donors (Lipinski definition) is 1. The van der Waals surface area contributed by atoms with E-state index in [0.29, 0.717) is 26.1 Å². The van der Waals surface area contributed by atoms with Gasteiger partial charge in [0.05, 0.1) is 9.90 Å². The first kappa shape index (κ1) is 16.8. The van der Waals surface area contributed by atoms with E-state index >= 15 is 0 Å². The van der Waals surface area contributed by atoms with Gasteiger partial charge >= 0.3 is 0 Å². The van der Waals surface area contributed by atoms with Crippen LogP contribution in [0.2, 0.25) is 10.0 Å². The maximum Gasteiger partial charge on any atom is 0.143 e. The molecule has 0 saturated heterocycles. The van der Waals surface area contributed by atoms with Crippen molar-refractivity contribution in [1.82, 2.24) is 0 Å². The summed E-state index contributed by atoms with van der Waals surface area (Å²) in [7, 11) is 0. The van der Waals surface area contributed by atoms with Gasteiger partial charge in [-0.3, -0.25) is 0 Å². The Morgan fingerprint density at radius 3 is 2.52 bits per heavy atom. The normalized spacial score (nSPS) is 14.0. The van der Waals surface area contributed by atoms with Crippen LogP contribution in [0, 0.1) is 11.6 Å². The quantitative estimate of drug-likeness (QED) is 0.349. The fraction of sp³-hybridized carbons (Fsp3) is 0.158. The molecule has 1 heterocycles. The van der Waals surface area contributed by atoms with E-state index in [-0.39, 0.29) is 21.6 Å². The number of thiophene rings is 1. The average Bonchev–Trinajstić information content (AvgIpc) is 2.87. The molecule has 0 atom stereocenters. The standard InChI is InChI=1S/C19H12Cl2F2OS/c20-10-6-13(17(21)14(23)7-10)16-12-5-4-11(22)8-15(12)25-19(16)18(24)9-2-1-3-9/h4-8,24H,1-3H2. The van der Waals surface area contributed by atoms with E-state index in [0.717, 1.165) is 30.9 Å². The summed E-state index contributed by atoms with van der Waals surface area (Å²) in [6.07, 6.45) is 2.68. The Hall–Kier alpha value is -1.62. The Bertz CT molecular complexity index is 1030. The molecule has 1 fully saturated rings. The highest BCUT2D eigenvalue weighted by Gasteiger charge is 2.24. The van der Waals surface area contributed by atoms with E-state index in [2.05, 4.69) is 0 Å². The third-order valence-corrected chi connectivity index (χ3v) is 6.18. The predicted molar refractivity (Wildman–Crippen MR) is 101 cm³/mol. The number of rotatable bonds is 2. The van der Waals surface area contributed by atoms with E-state index < -0.39 is 5.82 Å². The van der Waals surface area contributed by atoms with Crippen molar-refractivity contribution in [2.24, 2.45) is 0 Å². The smallest absolute Gasteiger partial charge is 0.143 e. The van der Waals surface area contributed by atoms with Crippen LogP contribution in [0.15, 0.2) is 35.9 Å². The number of hydrogen-bond acceptors (Lipinski definition) is 2. The molecule has 0 radical (unpaired) electrons. The highest BCUT2D eigenvalue weighted by molar-refractivity contribution is 7.20. The van der Waals surface area contributed by atoms with Crippen LogP contribution in [0.3, 0.4) is 0 Å². The molecule has 0 amide bonds. The average molecular weight is 397 g/mol. The molecule has 3 aromatic rings. The first-order valence-corrected chi connectivity index (χ1v) is 9.31. The van der Waals surface area contributed by atoms with Crippen molar-refractivity contribution in [2.45, 2.75) is 19.3 Å². The molecular weight excluding hydrogens is 385 g/mol. The Morgan fingerprint density at radius 1 is 1.08 bits per heavy atom. The van der Waals surface area contributed by atoms with Crippen LogP contribution in [-0.4, -0.2) is 5.11 Å². The minimum atomic E-state index is -0.632. The van der Waals surface area contributed by atoms with E-state index in [4.69, 9.17) is 23.2 Å². The molecule has 0 bridgehead atoms. The monoisotopic (exact) mass is 396 g/mol. The molecule has 1 aliphatic carbocycles. The molecule has 25 heavy (non-hydrogen) atoms. The minimum Gasteiger partial charge on any atom is -0.506 e. The largest absolute Gasteiger partial charge is 0.506 e. The summed E-state index contributed by atoms with van der Waals surface area (Å²) in [5, 5.41) is 11.6. The molecule has 4 rings (SSSR count). The lowest BCUT2D eigenvalue weighted by atomic mass is 9.89. The lowest BCUT2D eigenvalue weighted by Gasteiger charge is -2.19. The Balaban J connectivity index is 2.08. The van der Waals surface area contributed by atoms with Gasteiger partial charge in [0.2, 0.25) is 0 Å². The molecular formula is C19H12Cl2F2OS. The molecule has 1 aliphatic rings. The zero-order valence-corrected chi connectivity index (χ0v) is 15.2. The van der Waals surface area contributed by atoms with Gasteiger partial charge in [-0.1, -0.05) is 23.2 Å². The van der Waals surface area contributed by atoms with Gasteiger partial charge in [0.15, 0.2) is 0 Å². The lowest BCUT2D eigenvalue weighted by molar-refractivity contribution is 0.488. The van der Waals surface area contributed by atoms with E-state index in [1.54, 1.807) is 12.1 Å². The molecule has 1 N–H and O–H groups in total. The van der Waals surface area contributed by atoms with E-state index in [9.17, 15) is 13.9 Å². The van der Waals surface area contributed by atoms with Crippen LogP contribution in [0.1, 0.15) is 24.1 Å². The van der Waals surface area contributed by atoms with Gasteiger partial charge in [0.25, 0.3) is 0 Å². The summed E-state index contributed by atoms with van der Waals surface area (Å²) in [6, 6.07) is 7.07. The van der Waals surface area contributed by atoms with Crippen LogP contribution >= 0.6 is 34.5 Å². The molecule has 2 aromatic carbocycles. The molecule has 0 unspecified atom stereocenters. The molecule has 1 nitrogen and oxygen atoms in total. The topological polar surface area (TPSA) is 20.2 Å². The van der Waals surface area contributed by atoms with Crippen LogP contribution in [0.25, 0.3) is 27.0 Å². The van der Waals surface area contributed by atoms with Crippen LogP contribution in [-0.2, 0) is 0 Å². The molecule has 0 spiro atoms. The minimum absolute atomic E-state index is 0.0684. The Morgan fingerprint density at radius 2 is 1.84 bits per heavy atom. The summed E-state index contributed by atoms with van der Waals surface area (Å²) in [4.78, 5) is 0.568. The van der Waals surface area contributed by atoms with E-state index in [1.165, 1.54) is 23.5 Å². The van der Waals surface area contributed by atoms with Crippen molar-refractivity contribution < 1.29 is 13.9 Å². The number of benzene rings is 2. The number of halogens is 4. The summed E-state index contributed by atoms with van der Waals surface area (Å²) in [6.45, 7) is 0. The Labute approximate surface area is 157 Å². The zero-order valence-electron chi connectivity index (χ0n) is 12.9. The second-order valence-corrected chi connectivity index (χ2v) is 7.87. The Kier molecular flexibility index (Phi) is 4.22. The first-order valence-electron chi connectivity index (χ1n) is 7.74. The third-order valence-electron chi connectivity index (χ3n) is 4.42. The maximum absolute atomic E-state index is 14.1. The second-order valence-electron chi connectivity index (χ2n) is 6.00. The van der Waals surface area contributed by atoms with Gasteiger partial charge in [-0.05, 0) is 55.2 Å². The van der Waals surface area contributed by atoms with Crippen molar-refractivity contribution in [2.75, 3.05) is 0 Å². The van der Waals surface area contributed by atoms with Crippen LogP contribution < -0.4 is 0 Å². The molecule has 128 valence electrons. The zero-order chi connectivity index (χ0) is 17.7. The number of aliphatic hydroxyl groups excluding tert-OH is 1. The van der Waals surface area contributed by atoms with Gasteiger partial charge in [-0.25, -0.2) is 8.78 Å². The summed E-state index contributed by atoms with van der Waals surface area (Å²) in [5.41, 5.74) is 1.93. The van der Waals surface area contributed by atoms with Gasteiger partial charge in [0.1, 0.15) is 17.4 Å². The molecule has 6 heteroatoms. The highest BCUT2D eigenvalue weighted by Crippen LogP contribution is 2.47. The van der Waals surface area contributed by atoms with Gasteiger partial charge in [-0.2, -0.15) is 0 Å². The summed E-state index contributed by atoms with van der Waals surface area (Å²) >= 11 is 13.5.